The molecule has 0 spiro atoms. The molecule has 2 aromatic heterocycles. The molecule has 304 valence electrons. The van der Waals surface area contributed by atoms with Gasteiger partial charge in [-0.15, -0.1) is 5.10 Å². The van der Waals surface area contributed by atoms with Crippen LogP contribution in [0.4, 0.5) is 0 Å². The Hall–Kier alpha value is -4.30. The van der Waals surface area contributed by atoms with Crippen LogP contribution >= 0.6 is 0 Å². The number of carbonyl (C=O) groups is 1. The molecule has 1 aliphatic rings. The third-order valence-electron chi connectivity index (χ3n) is 12.2. The zero-order chi connectivity index (χ0) is 41.5. The number of hydrogen-bond donors (Lipinski definition) is 0. The molecule has 57 heavy (non-hydrogen) atoms. The molecule has 11 nitrogen and oxygen atoms in total. The molecular formula is C44H58N6O5SSi. The summed E-state index contributed by atoms with van der Waals surface area (Å²) in [5.41, 5.74) is 6.15. The molecule has 3 aromatic carbocycles. The Morgan fingerprint density at radius 2 is 1.70 bits per heavy atom. The number of nitrogens with zero attached hydrogens (tertiary/aromatic N) is 6. The molecule has 0 bridgehead atoms. The molecule has 13 heteroatoms. The van der Waals surface area contributed by atoms with Crippen LogP contribution < -0.4 is 4.74 Å². The van der Waals surface area contributed by atoms with Gasteiger partial charge in [-0.3, -0.25) is 4.79 Å². The topological polar surface area (TPSA) is 129 Å². The van der Waals surface area contributed by atoms with Crippen LogP contribution in [-0.4, -0.2) is 64.4 Å². The van der Waals surface area contributed by atoms with Gasteiger partial charge in [0.25, 0.3) is 0 Å². The first kappa shape index (κ1) is 42.3. The zero-order valence-electron chi connectivity index (χ0n) is 35.4. The van der Waals surface area contributed by atoms with E-state index < -0.39 is 29.7 Å². The Morgan fingerprint density at radius 1 is 1.00 bits per heavy atom. The highest BCUT2D eigenvalue weighted by Gasteiger charge is 2.41. The number of ether oxygens (including phenoxy) is 1. The summed E-state index contributed by atoms with van der Waals surface area (Å²) >= 11 is 0. The third kappa shape index (κ3) is 8.48. The predicted molar refractivity (Wildman–Crippen MR) is 226 cm³/mol. The number of rotatable bonds is 13. The van der Waals surface area contributed by atoms with E-state index in [2.05, 4.69) is 72.3 Å². The second-order valence-corrected chi connectivity index (χ2v) is 24.2. The second kappa shape index (κ2) is 16.2. The second-order valence-electron chi connectivity index (χ2n) is 17.4. The van der Waals surface area contributed by atoms with Crippen molar-refractivity contribution in [3.63, 3.8) is 0 Å². The van der Waals surface area contributed by atoms with Gasteiger partial charge < -0.3 is 9.16 Å². The van der Waals surface area contributed by atoms with E-state index in [0.717, 1.165) is 44.4 Å². The van der Waals surface area contributed by atoms with Gasteiger partial charge in [0.2, 0.25) is 10.0 Å². The lowest BCUT2D eigenvalue weighted by molar-refractivity contribution is -0.127. The fraction of sp³-hybridized carbons (Fsp3) is 0.477. The number of sulfonamides is 1. The maximum absolute atomic E-state index is 14.7. The summed E-state index contributed by atoms with van der Waals surface area (Å²) in [6.07, 6.45) is 3.96. The number of aryl methyl sites for hydroxylation is 3. The van der Waals surface area contributed by atoms with Crippen LogP contribution in [0.5, 0.6) is 5.75 Å². The molecule has 0 amide bonds. The van der Waals surface area contributed by atoms with Crippen LogP contribution in [0.1, 0.15) is 100 Å². The van der Waals surface area contributed by atoms with Crippen LogP contribution in [0, 0.1) is 19.3 Å². The fourth-order valence-corrected chi connectivity index (χ4v) is 9.83. The van der Waals surface area contributed by atoms with Crippen molar-refractivity contribution in [2.24, 2.45) is 5.41 Å². The molecule has 1 aliphatic heterocycles. The molecule has 0 N–H and O–H groups in total. The van der Waals surface area contributed by atoms with E-state index in [4.69, 9.17) is 9.16 Å². The van der Waals surface area contributed by atoms with E-state index >= 15 is 0 Å². The van der Waals surface area contributed by atoms with E-state index in [-0.39, 0.29) is 41.3 Å². The Morgan fingerprint density at radius 3 is 2.37 bits per heavy atom. The lowest BCUT2D eigenvalue weighted by Gasteiger charge is -2.36. The van der Waals surface area contributed by atoms with Crippen molar-refractivity contribution in [3.05, 3.63) is 106 Å². The van der Waals surface area contributed by atoms with Crippen molar-refractivity contribution in [3.8, 4) is 5.75 Å². The molecule has 5 aromatic rings. The normalized spacial score (nSPS) is 16.9. The number of benzene rings is 3. The van der Waals surface area contributed by atoms with Crippen molar-refractivity contribution in [2.45, 2.75) is 130 Å². The van der Waals surface area contributed by atoms with Crippen molar-refractivity contribution in [1.29, 1.82) is 0 Å². The largest absolute Gasteiger partial charge is 0.488 e. The highest BCUT2D eigenvalue weighted by Crippen LogP contribution is 2.45. The Labute approximate surface area is 339 Å². The van der Waals surface area contributed by atoms with Gasteiger partial charge in [0.05, 0.1) is 18.7 Å². The number of Topliss-reactive ketones (excluding diaryl/α,β-unsaturated/α-hetero) is 1. The van der Waals surface area contributed by atoms with Gasteiger partial charge in [0.15, 0.2) is 14.1 Å². The minimum atomic E-state index is -3.87. The van der Waals surface area contributed by atoms with Gasteiger partial charge in [-0.1, -0.05) is 83.2 Å². The maximum atomic E-state index is 14.7. The average Bonchev–Trinajstić information content (AvgIpc) is 3.55. The summed E-state index contributed by atoms with van der Waals surface area (Å²) in [5, 5.41) is 9.02. The first-order valence-electron chi connectivity index (χ1n) is 19.9. The van der Waals surface area contributed by atoms with Crippen molar-refractivity contribution < 1.29 is 22.4 Å². The van der Waals surface area contributed by atoms with E-state index in [9.17, 15) is 13.2 Å². The smallest absolute Gasteiger partial charge is 0.247 e. The summed E-state index contributed by atoms with van der Waals surface area (Å²) < 4.78 is 44.3. The Bertz CT molecular complexity index is 2370. The van der Waals surface area contributed by atoms with Gasteiger partial charge in [-0.05, 0) is 96.9 Å². The first-order valence-corrected chi connectivity index (χ1v) is 24.3. The van der Waals surface area contributed by atoms with E-state index in [1.165, 1.54) is 4.31 Å². The molecule has 0 unspecified atom stereocenters. The van der Waals surface area contributed by atoms with Gasteiger partial charge in [0.1, 0.15) is 28.0 Å². The summed E-state index contributed by atoms with van der Waals surface area (Å²) in [4.78, 5) is 24.0. The number of ketones is 1. The lowest BCUT2D eigenvalue weighted by Crippen LogP contribution is -2.40. The number of aromatic nitrogens is 5. The fourth-order valence-electron chi connectivity index (χ4n) is 7.33. The van der Waals surface area contributed by atoms with Crippen LogP contribution in [0.25, 0.3) is 11.0 Å². The van der Waals surface area contributed by atoms with E-state index in [0.29, 0.717) is 31.1 Å². The van der Waals surface area contributed by atoms with Crippen LogP contribution in [0.3, 0.4) is 0 Å². The molecule has 0 aliphatic carbocycles. The van der Waals surface area contributed by atoms with Gasteiger partial charge in [-0.2, -0.15) is 4.31 Å². The number of hydrogen-bond acceptors (Lipinski definition) is 9. The number of carbonyl (C=O) groups excluding carboxylic acids is 1. The first-order chi connectivity index (χ1) is 26.8. The number of para-hydroxylation sites is 1. The van der Waals surface area contributed by atoms with E-state index in [1.54, 1.807) is 36.7 Å². The summed E-state index contributed by atoms with van der Waals surface area (Å²) in [6, 6.07) is 17.2. The molecule has 3 heterocycles. The van der Waals surface area contributed by atoms with E-state index in [1.807, 2.05) is 58.4 Å². The molecule has 6 rings (SSSR count). The standard InChI is InChI=1S/C44H58N6O5SSi/c1-12-34-27-49(56(52,53)38-17-15-14-16-37(38)55-34)26-33-23-32(19-18-29(33)3)41(35-20-21-36-42(30(35)4)47-48-50(36)13-2)44(8,9)39(51)22-31-24-45-40(46-25-31)28-54-57(10,11)43(5,6)7/h14-21,23-25,34,41H,12-13,22,26-28H2,1-11H3/t34-,41+/m1/s1. The summed E-state index contributed by atoms with van der Waals surface area (Å²) in [5.74, 6) is 0.584. The molecule has 0 saturated carbocycles. The monoisotopic (exact) mass is 810 g/mol. The average molecular weight is 811 g/mol. The van der Waals surface area contributed by atoms with Crippen LogP contribution in [0.2, 0.25) is 18.1 Å². The number of fused-ring (bicyclic) bond motifs is 2. The Balaban J connectivity index is 1.37. The molecular weight excluding hydrogens is 753 g/mol. The maximum Gasteiger partial charge on any atom is 0.247 e. The molecule has 0 radical (unpaired) electrons. The molecule has 0 fully saturated rings. The van der Waals surface area contributed by atoms with Crippen LogP contribution in [0.15, 0.2) is 71.9 Å². The summed E-state index contributed by atoms with van der Waals surface area (Å²) in [6.45, 7) is 24.5. The Kier molecular flexibility index (Phi) is 12.0. The zero-order valence-corrected chi connectivity index (χ0v) is 37.2. The quantitative estimate of drug-likeness (QED) is 0.107. The van der Waals surface area contributed by atoms with Crippen molar-refractivity contribution >= 4 is 35.2 Å². The highest BCUT2D eigenvalue weighted by atomic mass is 32.2. The van der Waals surface area contributed by atoms with Gasteiger partial charge in [-0.25, -0.2) is 23.1 Å². The molecule has 2 atom stereocenters. The lowest BCUT2D eigenvalue weighted by atomic mass is 9.66. The van der Waals surface area contributed by atoms with Gasteiger partial charge >= 0.3 is 0 Å². The summed E-state index contributed by atoms with van der Waals surface area (Å²) in [7, 11) is -5.86. The van der Waals surface area contributed by atoms with Crippen molar-refractivity contribution in [1.82, 2.24) is 29.3 Å². The molecule has 0 saturated heterocycles. The van der Waals surface area contributed by atoms with Gasteiger partial charge in [0, 0.05) is 43.2 Å². The van der Waals surface area contributed by atoms with Crippen LogP contribution in [-0.2, 0) is 45.4 Å². The minimum Gasteiger partial charge on any atom is -0.488 e. The van der Waals surface area contributed by atoms with Crippen molar-refractivity contribution in [2.75, 3.05) is 6.54 Å². The highest BCUT2D eigenvalue weighted by molar-refractivity contribution is 7.89. The SMILES string of the molecule is CC[C@@H]1CN(Cc2cc([C@@H](c3ccc4c(nnn4CC)c3C)C(C)(C)C(=O)Cc3cnc(CO[Si](C)(C)C(C)(C)C)nc3)ccc2C)S(=O)(=O)c2ccccc2O1. The minimum absolute atomic E-state index is 0.0230. The predicted octanol–water partition coefficient (Wildman–Crippen LogP) is 8.71. The third-order valence-corrected chi connectivity index (χ3v) is 18.5.